The van der Waals surface area contributed by atoms with E-state index < -0.39 is 10.1 Å². The van der Waals surface area contributed by atoms with Crippen LogP contribution < -0.4 is 0 Å². The van der Waals surface area contributed by atoms with Crippen molar-refractivity contribution in [3.05, 3.63) is 29.8 Å². The molecule has 0 aliphatic rings. The van der Waals surface area contributed by atoms with Gasteiger partial charge in [0.2, 0.25) is 0 Å². The molecular formula is C8H10NaO3S. The average molecular weight is 209 g/mol. The maximum atomic E-state index is 10.8. The minimum atomic E-state index is -4.05. The van der Waals surface area contributed by atoms with Crippen molar-refractivity contribution in [3.8, 4) is 0 Å². The molecule has 13 heavy (non-hydrogen) atoms. The Balaban J connectivity index is 0.00000144. The van der Waals surface area contributed by atoms with Crippen LogP contribution in [0.1, 0.15) is 12.5 Å². The Hall–Kier alpha value is 0.130. The third-order valence-electron chi connectivity index (χ3n) is 1.63. The molecule has 0 heterocycles. The van der Waals surface area contributed by atoms with E-state index in [0.29, 0.717) is 12.0 Å². The van der Waals surface area contributed by atoms with Gasteiger partial charge in [-0.1, -0.05) is 25.1 Å². The molecule has 0 saturated heterocycles. The van der Waals surface area contributed by atoms with E-state index in [1.54, 1.807) is 18.2 Å². The van der Waals surface area contributed by atoms with E-state index in [4.69, 9.17) is 4.55 Å². The molecule has 0 bridgehead atoms. The van der Waals surface area contributed by atoms with Gasteiger partial charge in [0, 0.05) is 29.6 Å². The molecule has 3 nitrogen and oxygen atoms in total. The largest absolute Gasteiger partial charge is 0.294 e. The van der Waals surface area contributed by atoms with Crippen molar-refractivity contribution in [2.75, 3.05) is 0 Å². The molecule has 0 saturated carbocycles. The summed E-state index contributed by atoms with van der Waals surface area (Å²) in [7, 11) is -4.05. The minimum absolute atomic E-state index is 0. The van der Waals surface area contributed by atoms with Crippen LogP contribution in [-0.2, 0) is 16.5 Å². The summed E-state index contributed by atoms with van der Waals surface area (Å²) in [6.45, 7) is 1.84. The molecule has 1 radical (unpaired) electrons. The molecule has 0 amide bonds. The van der Waals surface area contributed by atoms with E-state index in [-0.39, 0.29) is 34.5 Å². The van der Waals surface area contributed by atoms with Crippen molar-refractivity contribution in [1.29, 1.82) is 0 Å². The van der Waals surface area contributed by atoms with Crippen LogP contribution in [0.15, 0.2) is 29.2 Å². The quantitative estimate of drug-likeness (QED) is 0.586. The maximum Gasteiger partial charge on any atom is 0.294 e. The van der Waals surface area contributed by atoms with Crippen LogP contribution in [0.4, 0.5) is 0 Å². The summed E-state index contributed by atoms with van der Waals surface area (Å²) in [6.07, 6.45) is 0.593. The minimum Gasteiger partial charge on any atom is -0.282 e. The third-order valence-corrected chi connectivity index (χ3v) is 2.59. The SMILES string of the molecule is CCc1ccccc1S(=O)(=O)O.[Na]. The first kappa shape index (κ1) is 13.1. The van der Waals surface area contributed by atoms with Crippen molar-refractivity contribution >= 4 is 39.7 Å². The molecule has 1 aromatic carbocycles. The molecule has 0 atom stereocenters. The second-order valence-corrected chi connectivity index (χ2v) is 3.83. The second-order valence-electron chi connectivity index (χ2n) is 2.44. The van der Waals surface area contributed by atoms with Crippen LogP contribution in [0.2, 0.25) is 0 Å². The Morgan fingerprint density at radius 1 is 1.31 bits per heavy atom. The van der Waals surface area contributed by atoms with E-state index >= 15 is 0 Å². The van der Waals surface area contributed by atoms with Gasteiger partial charge >= 0.3 is 0 Å². The number of hydrogen-bond acceptors (Lipinski definition) is 2. The third kappa shape index (κ3) is 3.40. The summed E-state index contributed by atoms with van der Waals surface area (Å²) in [6, 6.07) is 6.41. The van der Waals surface area contributed by atoms with Crippen LogP contribution in [0.3, 0.4) is 0 Å². The van der Waals surface area contributed by atoms with Gasteiger partial charge in [0.25, 0.3) is 10.1 Å². The van der Waals surface area contributed by atoms with Crippen LogP contribution in [0.25, 0.3) is 0 Å². The van der Waals surface area contributed by atoms with E-state index in [2.05, 4.69) is 0 Å². The number of aryl methyl sites for hydroxylation is 1. The molecule has 0 spiro atoms. The van der Waals surface area contributed by atoms with Crippen molar-refractivity contribution in [2.24, 2.45) is 0 Å². The predicted octanol–water partition coefficient (Wildman–Crippen LogP) is 1.11. The topological polar surface area (TPSA) is 54.4 Å². The van der Waals surface area contributed by atoms with Gasteiger partial charge in [-0.25, -0.2) is 0 Å². The first-order valence-electron chi connectivity index (χ1n) is 3.61. The molecule has 0 fully saturated rings. The van der Waals surface area contributed by atoms with Crippen LogP contribution in [0.5, 0.6) is 0 Å². The Morgan fingerprint density at radius 3 is 2.23 bits per heavy atom. The van der Waals surface area contributed by atoms with Crippen molar-refractivity contribution < 1.29 is 13.0 Å². The summed E-state index contributed by atoms with van der Waals surface area (Å²) < 4.78 is 30.3. The van der Waals surface area contributed by atoms with E-state index in [0.717, 1.165) is 0 Å². The molecule has 1 N–H and O–H groups in total. The van der Waals surface area contributed by atoms with E-state index in [9.17, 15) is 8.42 Å². The van der Waals surface area contributed by atoms with Gasteiger partial charge < -0.3 is 0 Å². The summed E-state index contributed by atoms with van der Waals surface area (Å²) in [5, 5.41) is 0. The Kier molecular flexibility index (Phi) is 5.17. The molecule has 0 unspecified atom stereocenters. The molecule has 1 rings (SSSR count). The van der Waals surface area contributed by atoms with Crippen molar-refractivity contribution in [3.63, 3.8) is 0 Å². The zero-order chi connectivity index (χ0) is 9.19. The van der Waals surface area contributed by atoms with Crippen molar-refractivity contribution in [1.82, 2.24) is 0 Å². The van der Waals surface area contributed by atoms with Gasteiger partial charge in [0.1, 0.15) is 0 Å². The fraction of sp³-hybridized carbons (Fsp3) is 0.250. The Labute approximate surface area is 100 Å². The summed E-state index contributed by atoms with van der Waals surface area (Å²) in [5.41, 5.74) is 0.639. The fourth-order valence-corrected chi connectivity index (χ4v) is 1.84. The van der Waals surface area contributed by atoms with Gasteiger partial charge in [-0.05, 0) is 18.1 Å². The fourth-order valence-electron chi connectivity index (χ4n) is 1.05. The molecule has 1 aromatic rings. The van der Waals surface area contributed by atoms with Crippen LogP contribution in [0, 0.1) is 0 Å². The Bertz CT molecular complexity index is 373. The van der Waals surface area contributed by atoms with Gasteiger partial charge in [-0.15, -0.1) is 0 Å². The average Bonchev–Trinajstić information content (AvgIpc) is 2.03. The molecular weight excluding hydrogens is 199 g/mol. The zero-order valence-corrected chi connectivity index (χ0v) is 10.5. The number of hydrogen-bond donors (Lipinski definition) is 1. The van der Waals surface area contributed by atoms with Gasteiger partial charge in [-0.2, -0.15) is 8.42 Å². The summed E-state index contributed by atoms with van der Waals surface area (Å²) in [4.78, 5) is 0.00694. The molecule has 5 heteroatoms. The number of benzene rings is 1. The standard InChI is InChI=1S/C8H10O3S.Na/c1-2-7-5-3-4-6-8(7)12(9,10)11;/h3-6H,2H2,1H3,(H,9,10,11);. The zero-order valence-electron chi connectivity index (χ0n) is 7.69. The van der Waals surface area contributed by atoms with Crippen LogP contribution >= 0.6 is 0 Å². The van der Waals surface area contributed by atoms with E-state index in [1.165, 1.54) is 6.07 Å². The van der Waals surface area contributed by atoms with Gasteiger partial charge in [0.05, 0.1) is 4.90 Å². The molecule has 0 aliphatic carbocycles. The normalized spacial score (nSPS) is 10.6. The smallest absolute Gasteiger partial charge is 0.282 e. The summed E-state index contributed by atoms with van der Waals surface area (Å²) >= 11 is 0. The Morgan fingerprint density at radius 2 is 1.85 bits per heavy atom. The first-order valence-corrected chi connectivity index (χ1v) is 5.05. The summed E-state index contributed by atoms with van der Waals surface area (Å²) in [5.74, 6) is 0. The predicted molar refractivity (Wildman–Crippen MR) is 51.4 cm³/mol. The monoisotopic (exact) mass is 209 g/mol. The van der Waals surface area contributed by atoms with E-state index in [1.807, 2.05) is 6.92 Å². The molecule has 0 aromatic heterocycles. The van der Waals surface area contributed by atoms with Gasteiger partial charge in [0.15, 0.2) is 0 Å². The second kappa shape index (κ2) is 5.12. The molecule has 0 aliphatic heterocycles. The van der Waals surface area contributed by atoms with Crippen LogP contribution in [-0.4, -0.2) is 42.5 Å². The van der Waals surface area contributed by atoms with Crippen molar-refractivity contribution in [2.45, 2.75) is 18.2 Å². The first-order chi connectivity index (χ1) is 5.55. The molecule has 67 valence electrons. The van der Waals surface area contributed by atoms with Gasteiger partial charge in [-0.3, -0.25) is 4.55 Å². The number of rotatable bonds is 2. The maximum absolute atomic E-state index is 10.8.